The van der Waals surface area contributed by atoms with Crippen LogP contribution in [0.4, 0.5) is 5.95 Å². The molecule has 0 aliphatic carbocycles. The first-order valence-corrected chi connectivity index (χ1v) is 8.27. The van der Waals surface area contributed by atoms with Crippen LogP contribution in [-0.4, -0.2) is 27.2 Å². The summed E-state index contributed by atoms with van der Waals surface area (Å²) >= 11 is 0. The van der Waals surface area contributed by atoms with Crippen LogP contribution in [0.15, 0.2) is 42.5 Å². The highest BCUT2D eigenvalue weighted by molar-refractivity contribution is 5.97. The maximum absolute atomic E-state index is 12.5. The topological polar surface area (TPSA) is 100 Å². The quantitative estimate of drug-likeness (QED) is 0.758. The van der Waals surface area contributed by atoms with Gasteiger partial charge >= 0.3 is 0 Å². The highest BCUT2D eigenvalue weighted by atomic mass is 16.5. The zero-order valence-corrected chi connectivity index (χ0v) is 14.0. The van der Waals surface area contributed by atoms with E-state index in [0.717, 1.165) is 11.0 Å². The van der Waals surface area contributed by atoms with Gasteiger partial charge in [-0.25, -0.2) is 4.98 Å². The van der Waals surface area contributed by atoms with Crippen LogP contribution in [0.2, 0.25) is 0 Å². The van der Waals surface area contributed by atoms with Gasteiger partial charge in [-0.1, -0.05) is 18.2 Å². The third-order valence-corrected chi connectivity index (χ3v) is 4.47. The second-order valence-electron chi connectivity index (χ2n) is 6.00. The van der Waals surface area contributed by atoms with Crippen LogP contribution in [0.5, 0.6) is 11.5 Å². The minimum Gasteiger partial charge on any atom is -0.504 e. The minimum atomic E-state index is -0.931. The van der Waals surface area contributed by atoms with Crippen molar-refractivity contribution in [3.05, 3.63) is 48.0 Å². The number of nitrogens with zero attached hydrogens (tertiary/aromatic N) is 3. The Labute approximate surface area is 149 Å². The summed E-state index contributed by atoms with van der Waals surface area (Å²) in [6.45, 7) is 2.21. The number of rotatable bonds is 3. The van der Waals surface area contributed by atoms with Gasteiger partial charge in [0.2, 0.25) is 11.9 Å². The summed E-state index contributed by atoms with van der Waals surface area (Å²) in [5, 5.41) is 22.3. The maximum atomic E-state index is 12.5. The molecule has 2 atom stereocenters. The smallest absolute Gasteiger partial charge is 0.246 e. The molecule has 1 amide bonds. The van der Waals surface area contributed by atoms with Gasteiger partial charge in [-0.05, 0) is 36.8 Å². The number of para-hydroxylation sites is 2. The molecule has 1 aliphatic heterocycles. The molecule has 0 spiro atoms. The number of phenols is 1. The van der Waals surface area contributed by atoms with E-state index in [9.17, 15) is 15.2 Å². The van der Waals surface area contributed by atoms with Crippen molar-refractivity contribution in [1.29, 1.82) is 5.26 Å². The molecule has 1 aliphatic rings. The lowest BCUT2D eigenvalue weighted by atomic mass is 9.91. The van der Waals surface area contributed by atoms with E-state index < -0.39 is 17.9 Å². The maximum Gasteiger partial charge on any atom is 0.246 e. The molecular formula is C19H16N4O3. The zero-order chi connectivity index (χ0) is 18.3. The summed E-state index contributed by atoms with van der Waals surface area (Å²) in [5.41, 5.74) is 2.24. The van der Waals surface area contributed by atoms with E-state index in [1.807, 2.05) is 35.8 Å². The molecule has 1 aromatic heterocycles. The van der Waals surface area contributed by atoms with E-state index in [-0.39, 0.29) is 5.75 Å². The van der Waals surface area contributed by atoms with Gasteiger partial charge in [0.15, 0.2) is 17.4 Å². The number of nitrogens with one attached hydrogen (secondary N) is 1. The number of fused-ring (bicyclic) bond motifs is 3. The van der Waals surface area contributed by atoms with Crippen molar-refractivity contribution in [2.75, 3.05) is 11.9 Å². The Morgan fingerprint density at radius 2 is 2.15 bits per heavy atom. The van der Waals surface area contributed by atoms with E-state index in [1.165, 1.54) is 6.07 Å². The Hall–Kier alpha value is -3.53. The molecule has 3 aromatic rings. The summed E-state index contributed by atoms with van der Waals surface area (Å²) < 4.78 is 7.32. The van der Waals surface area contributed by atoms with Gasteiger partial charge < -0.3 is 14.4 Å². The number of anilines is 1. The van der Waals surface area contributed by atoms with Gasteiger partial charge in [0.05, 0.1) is 29.8 Å². The lowest BCUT2D eigenvalue weighted by molar-refractivity contribution is -0.119. The fourth-order valence-corrected chi connectivity index (χ4v) is 3.35. The SMILES string of the molecule is CCOc1cc([C@H]2[C@@H](C#N)C(=O)Nc3nc4ccccc4n32)ccc1O. The van der Waals surface area contributed by atoms with E-state index in [0.29, 0.717) is 23.9 Å². The molecule has 0 saturated heterocycles. The number of carbonyl (C=O) groups is 1. The Kier molecular flexibility index (Phi) is 3.73. The minimum absolute atomic E-state index is 0.0140. The van der Waals surface area contributed by atoms with Crippen LogP contribution < -0.4 is 10.1 Å². The van der Waals surface area contributed by atoms with Crippen molar-refractivity contribution in [2.24, 2.45) is 5.92 Å². The standard InChI is InChI=1S/C19H16N4O3/c1-2-26-16-9-11(7-8-15(16)24)17-12(10-20)18(25)22-19-21-13-5-3-4-6-14(13)23(17)19/h3-9,12,17,24H,2H2,1H3,(H,21,22,25)/t12-,17+/m1/s1. The largest absolute Gasteiger partial charge is 0.504 e. The number of nitriles is 1. The molecular weight excluding hydrogens is 332 g/mol. The number of carbonyl (C=O) groups excluding carboxylic acids is 1. The summed E-state index contributed by atoms with van der Waals surface area (Å²) in [7, 11) is 0. The van der Waals surface area contributed by atoms with E-state index >= 15 is 0 Å². The predicted molar refractivity (Wildman–Crippen MR) is 94.9 cm³/mol. The lowest BCUT2D eigenvalue weighted by Gasteiger charge is -2.30. The number of aromatic nitrogens is 2. The Bertz CT molecular complexity index is 1050. The fraction of sp³-hybridized carbons (Fsp3) is 0.211. The van der Waals surface area contributed by atoms with Crippen LogP contribution in [0.25, 0.3) is 11.0 Å². The van der Waals surface area contributed by atoms with E-state index in [4.69, 9.17) is 4.74 Å². The predicted octanol–water partition coefficient (Wildman–Crippen LogP) is 2.82. The van der Waals surface area contributed by atoms with Crippen LogP contribution in [0, 0.1) is 17.2 Å². The number of ether oxygens (including phenoxy) is 1. The highest BCUT2D eigenvalue weighted by Gasteiger charge is 2.39. The number of amides is 1. The van der Waals surface area contributed by atoms with Crippen LogP contribution in [0.1, 0.15) is 18.5 Å². The number of hydrogen-bond acceptors (Lipinski definition) is 5. The summed E-state index contributed by atoms with van der Waals surface area (Å²) in [4.78, 5) is 16.9. The molecule has 7 nitrogen and oxygen atoms in total. The Balaban J connectivity index is 1.96. The van der Waals surface area contributed by atoms with Gasteiger partial charge in [-0.15, -0.1) is 0 Å². The van der Waals surface area contributed by atoms with Gasteiger partial charge in [0.1, 0.15) is 0 Å². The summed E-state index contributed by atoms with van der Waals surface area (Å²) in [5.74, 6) is -0.595. The normalized spacial score (nSPS) is 18.8. The number of imidazole rings is 1. The first-order valence-electron chi connectivity index (χ1n) is 8.27. The van der Waals surface area contributed by atoms with Crippen molar-refractivity contribution in [1.82, 2.24) is 9.55 Å². The van der Waals surface area contributed by atoms with Crippen LogP contribution >= 0.6 is 0 Å². The van der Waals surface area contributed by atoms with Crippen molar-refractivity contribution < 1.29 is 14.6 Å². The average Bonchev–Trinajstić information content (AvgIpc) is 3.00. The number of hydrogen-bond donors (Lipinski definition) is 2. The molecule has 2 N–H and O–H groups in total. The third kappa shape index (κ3) is 2.35. The number of aromatic hydroxyl groups is 1. The molecule has 0 radical (unpaired) electrons. The van der Waals surface area contributed by atoms with E-state index in [1.54, 1.807) is 12.1 Å². The van der Waals surface area contributed by atoms with Crippen molar-refractivity contribution in [3.63, 3.8) is 0 Å². The van der Waals surface area contributed by atoms with Crippen molar-refractivity contribution in [3.8, 4) is 17.6 Å². The van der Waals surface area contributed by atoms with Crippen LogP contribution in [0.3, 0.4) is 0 Å². The van der Waals surface area contributed by atoms with Crippen LogP contribution in [-0.2, 0) is 4.79 Å². The third-order valence-electron chi connectivity index (χ3n) is 4.47. The molecule has 4 rings (SSSR count). The van der Waals surface area contributed by atoms with Gasteiger partial charge in [0.25, 0.3) is 0 Å². The highest BCUT2D eigenvalue weighted by Crippen LogP contribution is 2.40. The molecule has 2 aromatic carbocycles. The monoisotopic (exact) mass is 348 g/mol. The summed E-state index contributed by atoms with van der Waals surface area (Å²) in [6, 6.07) is 13.9. The van der Waals surface area contributed by atoms with Gasteiger partial charge in [-0.3, -0.25) is 10.1 Å². The Morgan fingerprint density at radius 1 is 1.35 bits per heavy atom. The van der Waals surface area contributed by atoms with Crippen molar-refractivity contribution in [2.45, 2.75) is 13.0 Å². The molecule has 130 valence electrons. The molecule has 0 bridgehead atoms. The molecule has 2 heterocycles. The first-order chi connectivity index (χ1) is 12.6. The molecule has 26 heavy (non-hydrogen) atoms. The molecule has 7 heteroatoms. The van der Waals surface area contributed by atoms with Gasteiger partial charge in [-0.2, -0.15) is 5.26 Å². The average molecular weight is 348 g/mol. The van der Waals surface area contributed by atoms with Gasteiger partial charge in [0, 0.05) is 0 Å². The van der Waals surface area contributed by atoms with Crippen molar-refractivity contribution >= 4 is 22.9 Å². The number of phenolic OH excluding ortho intramolecular Hbond substituents is 1. The number of benzene rings is 2. The first kappa shape index (κ1) is 16.0. The second kappa shape index (κ2) is 6.08. The molecule has 0 unspecified atom stereocenters. The second-order valence-corrected chi connectivity index (χ2v) is 6.00. The van der Waals surface area contributed by atoms with E-state index in [2.05, 4.69) is 16.4 Å². The molecule has 0 saturated carbocycles. The fourth-order valence-electron chi connectivity index (χ4n) is 3.35. The Morgan fingerprint density at radius 3 is 2.92 bits per heavy atom. The summed E-state index contributed by atoms with van der Waals surface area (Å²) in [6.07, 6.45) is 0. The zero-order valence-electron chi connectivity index (χ0n) is 14.0. The lowest BCUT2D eigenvalue weighted by Crippen LogP contribution is -2.37. The molecule has 0 fully saturated rings.